The fourth-order valence-electron chi connectivity index (χ4n) is 1.70. The molecule has 1 N–H and O–H groups in total. The van der Waals surface area contributed by atoms with Crippen molar-refractivity contribution in [1.29, 1.82) is 0 Å². The Balaban J connectivity index is 1.74. The summed E-state index contributed by atoms with van der Waals surface area (Å²) in [5.74, 6) is -0.184. The van der Waals surface area contributed by atoms with Crippen molar-refractivity contribution in [2.24, 2.45) is 5.10 Å². The Hall–Kier alpha value is -2.42. The van der Waals surface area contributed by atoms with Gasteiger partial charge in [0.05, 0.1) is 0 Å². The van der Waals surface area contributed by atoms with E-state index < -0.39 is 0 Å². The molecule has 0 saturated heterocycles. The maximum absolute atomic E-state index is 11.7. The molecule has 0 aliphatic rings. The lowest BCUT2D eigenvalue weighted by molar-refractivity contribution is 0.0955. The average molecular weight is 252 g/mol. The van der Waals surface area contributed by atoms with Gasteiger partial charge in [0, 0.05) is 11.8 Å². The molecule has 3 heteroatoms. The van der Waals surface area contributed by atoms with Crippen LogP contribution in [0.4, 0.5) is 0 Å². The van der Waals surface area contributed by atoms with E-state index in [4.69, 9.17) is 0 Å². The lowest BCUT2D eigenvalue weighted by atomic mass is 10.1. The van der Waals surface area contributed by atoms with Gasteiger partial charge in [-0.05, 0) is 30.5 Å². The van der Waals surface area contributed by atoms with Gasteiger partial charge in [-0.3, -0.25) is 4.79 Å². The molecule has 3 nitrogen and oxygen atoms in total. The van der Waals surface area contributed by atoms with Crippen LogP contribution in [0.25, 0.3) is 0 Å². The lowest BCUT2D eigenvalue weighted by Crippen LogP contribution is -2.17. The fourth-order valence-corrected chi connectivity index (χ4v) is 1.70. The third-order valence-electron chi connectivity index (χ3n) is 2.70. The molecule has 0 aromatic heterocycles. The van der Waals surface area contributed by atoms with Gasteiger partial charge in [0.15, 0.2) is 0 Å². The van der Waals surface area contributed by atoms with E-state index in [1.165, 1.54) is 5.56 Å². The molecule has 1 amide bonds. The van der Waals surface area contributed by atoms with Crippen LogP contribution in [0.15, 0.2) is 65.8 Å². The number of carbonyl (C=O) groups is 1. The number of rotatable bonds is 5. The number of hydrogen-bond donors (Lipinski definition) is 1. The van der Waals surface area contributed by atoms with Crippen molar-refractivity contribution in [1.82, 2.24) is 5.43 Å². The predicted molar refractivity (Wildman–Crippen MR) is 77.2 cm³/mol. The maximum Gasteiger partial charge on any atom is 0.271 e. The van der Waals surface area contributed by atoms with Gasteiger partial charge in [0.2, 0.25) is 0 Å². The molecule has 0 radical (unpaired) electrons. The van der Waals surface area contributed by atoms with Gasteiger partial charge in [-0.15, -0.1) is 0 Å². The molecule has 19 heavy (non-hydrogen) atoms. The SMILES string of the molecule is O=C(N/N=C/CCc1ccccc1)c1ccccc1. The standard InChI is InChI=1S/C16H16N2O/c19-16(15-11-5-2-6-12-15)18-17-13-7-10-14-8-3-1-4-9-14/h1-6,8-9,11-13H,7,10H2,(H,18,19)/b17-13+. The topological polar surface area (TPSA) is 41.5 Å². The third-order valence-corrected chi connectivity index (χ3v) is 2.70. The van der Waals surface area contributed by atoms with E-state index in [1.807, 2.05) is 36.4 Å². The summed E-state index contributed by atoms with van der Waals surface area (Å²) < 4.78 is 0. The predicted octanol–water partition coefficient (Wildman–Crippen LogP) is 3.04. The molecule has 0 aliphatic carbocycles. The Kier molecular flexibility index (Phi) is 4.87. The summed E-state index contributed by atoms with van der Waals surface area (Å²) in [7, 11) is 0. The average Bonchev–Trinajstić information content (AvgIpc) is 2.49. The highest BCUT2D eigenvalue weighted by molar-refractivity contribution is 5.94. The normalized spacial score (nSPS) is 10.5. The highest BCUT2D eigenvalue weighted by Crippen LogP contribution is 2.01. The molecular formula is C16H16N2O. The summed E-state index contributed by atoms with van der Waals surface area (Å²) in [6.45, 7) is 0. The molecule has 2 aromatic carbocycles. The molecule has 0 saturated carbocycles. The van der Waals surface area contributed by atoms with Crippen molar-refractivity contribution < 1.29 is 4.79 Å². The van der Waals surface area contributed by atoms with E-state index in [9.17, 15) is 4.79 Å². The van der Waals surface area contributed by atoms with Crippen molar-refractivity contribution in [2.75, 3.05) is 0 Å². The monoisotopic (exact) mass is 252 g/mol. The van der Waals surface area contributed by atoms with Crippen LogP contribution in [0.2, 0.25) is 0 Å². The van der Waals surface area contributed by atoms with Gasteiger partial charge < -0.3 is 0 Å². The summed E-state index contributed by atoms with van der Waals surface area (Å²) in [4.78, 5) is 11.7. The third kappa shape index (κ3) is 4.39. The number of nitrogens with zero attached hydrogens (tertiary/aromatic N) is 1. The van der Waals surface area contributed by atoms with Crippen LogP contribution in [-0.2, 0) is 6.42 Å². The van der Waals surface area contributed by atoms with Crippen LogP contribution in [-0.4, -0.2) is 12.1 Å². The van der Waals surface area contributed by atoms with Crippen molar-refractivity contribution in [3.63, 3.8) is 0 Å². The second-order valence-corrected chi connectivity index (χ2v) is 4.14. The number of carbonyl (C=O) groups excluding carboxylic acids is 1. The molecule has 0 unspecified atom stereocenters. The summed E-state index contributed by atoms with van der Waals surface area (Å²) in [5, 5.41) is 3.94. The molecule has 0 atom stereocenters. The van der Waals surface area contributed by atoms with Crippen LogP contribution in [0.3, 0.4) is 0 Å². The van der Waals surface area contributed by atoms with E-state index in [0.29, 0.717) is 5.56 Å². The van der Waals surface area contributed by atoms with E-state index in [1.54, 1.807) is 18.3 Å². The number of benzene rings is 2. The quantitative estimate of drug-likeness (QED) is 0.645. The molecular weight excluding hydrogens is 236 g/mol. The first kappa shape index (κ1) is 13.0. The Morgan fingerprint density at radius 3 is 2.32 bits per heavy atom. The summed E-state index contributed by atoms with van der Waals surface area (Å²) in [5.41, 5.74) is 4.40. The molecule has 0 aliphatic heterocycles. The van der Waals surface area contributed by atoms with Gasteiger partial charge in [-0.1, -0.05) is 48.5 Å². The van der Waals surface area contributed by atoms with Crippen LogP contribution in [0, 0.1) is 0 Å². The first-order valence-corrected chi connectivity index (χ1v) is 6.27. The summed E-state index contributed by atoms with van der Waals surface area (Å²) in [6, 6.07) is 19.2. The number of hydrazone groups is 1. The lowest BCUT2D eigenvalue weighted by Gasteiger charge is -1.99. The number of aryl methyl sites for hydroxylation is 1. The van der Waals surface area contributed by atoms with E-state index in [-0.39, 0.29) is 5.91 Å². The van der Waals surface area contributed by atoms with Crippen molar-refractivity contribution in [3.05, 3.63) is 71.8 Å². The number of amides is 1. The zero-order chi connectivity index (χ0) is 13.3. The highest BCUT2D eigenvalue weighted by Gasteiger charge is 2.00. The second-order valence-electron chi connectivity index (χ2n) is 4.14. The van der Waals surface area contributed by atoms with Crippen LogP contribution in [0.1, 0.15) is 22.3 Å². The first-order chi connectivity index (χ1) is 9.36. The summed E-state index contributed by atoms with van der Waals surface area (Å²) in [6.07, 6.45) is 3.46. The fraction of sp³-hybridized carbons (Fsp3) is 0.125. The van der Waals surface area contributed by atoms with Gasteiger partial charge in [0.1, 0.15) is 0 Å². The van der Waals surface area contributed by atoms with Crippen molar-refractivity contribution in [3.8, 4) is 0 Å². The molecule has 0 heterocycles. The maximum atomic E-state index is 11.7. The zero-order valence-electron chi connectivity index (χ0n) is 10.6. The van der Waals surface area contributed by atoms with Crippen LogP contribution in [0.5, 0.6) is 0 Å². The van der Waals surface area contributed by atoms with E-state index in [0.717, 1.165) is 12.8 Å². The first-order valence-electron chi connectivity index (χ1n) is 6.27. The Morgan fingerprint density at radius 2 is 1.63 bits per heavy atom. The second kappa shape index (κ2) is 7.11. The van der Waals surface area contributed by atoms with E-state index in [2.05, 4.69) is 22.7 Å². The number of nitrogens with one attached hydrogen (secondary N) is 1. The van der Waals surface area contributed by atoms with Crippen LogP contribution >= 0.6 is 0 Å². The van der Waals surface area contributed by atoms with Gasteiger partial charge >= 0.3 is 0 Å². The minimum Gasteiger partial charge on any atom is -0.267 e. The van der Waals surface area contributed by atoms with Crippen molar-refractivity contribution >= 4 is 12.1 Å². The van der Waals surface area contributed by atoms with E-state index >= 15 is 0 Å². The van der Waals surface area contributed by atoms with Crippen LogP contribution < -0.4 is 5.43 Å². The molecule has 0 spiro atoms. The molecule has 2 aromatic rings. The smallest absolute Gasteiger partial charge is 0.267 e. The van der Waals surface area contributed by atoms with Crippen molar-refractivity contribution in [2.45, 2.75) is 12.8 Å². The number of hydrogen-bond acceptors (Lipinski definition) is 2. The molecule has 2 rings (SSSR count). The molecule has 0 bridgehead atoms. The minimum atomic E-state index is -0.184. The Labute approximate surface area is 113 Å². The molecule has 96 valence electrons. The Morgan fingerprint density at radius 1 is 1.00 bits per heavy atom. The highest BCUT2D eigenvalue weighted by atomic mass is 16.2. The van der Waals surface area contributed by atoms with Gasteiger partial charge in [0.25, 0.3) is 5.91 Å². The van der Waals surface area contributed by atoms with Gasteiger partial charge in [-0.2, -0.15) is 5.10 Å². The molecule has 0 fully saturated rings. The Bertz CT molecular complexity index is 535. The largest absolute Gasteiger partial charge is 0.271 e. The van der Waals surface area contributed by atoms with Gasteiger partial charge in [-0.25, -0.2) is 5.43 Å². The minimum absolute atomic E-state index is 0.184. The summed E-state index contributed by atoms with van der Waals surface area (Å²) >= 11 is 0. The zero-order valence-corrected chi connectivity index (χ0v) is 10.6.